The normalized spacial score (nSPS) is 21.2. The Labute approximate surface area is 124 Å². The first-order valence-electron chi connectivity index (χ1n) is 6.55. The fourth-order valence-electron chi connectivity index (χ4n) is 2.80. The Kier molecular flexibility index (Phi) is 4.39. The maximum absolute atomic E-state index is 12.1. The van der Waals surface area contributed by atoms with Crippen molar-refractivity contribution in [1.29, 1.82) is 0 Å². The summed E-state index contributed by atoms with van der Waals surface area (Å²) in [6, 6.07) is 7.86. The van der Waals surface area contributed by atoms with Gasteiger partial charge in [-0.1, -0.05) is 24.3 Å². The van der Waals surface area contributed by atoms with Gasteiger partial charge in [-0.05, 0) is 25.0 Å². The zero-order valence-corrected chi connectivity index (χ0v) is 13.1. The average molecular weight is 316 g/mol. The van der Waals surface area contributed by atoms with Crippen LogP contribution in [0.1, 0.15) is 30.5 Å². The van der Waals surface area contributed by atoms with Crippen molar-refractivity contribution in [2.75, 3.05) is 12.3 Å². The largest absolute Gasteiger partial charge is 0.336 e. The zero-order chi connectivity index (χ0) is 14.9. The molecular formula is C14H18ClNO3S. The van der Waals surface area contributed by atoms with E-state index in [1.54, 1.807) is 4.90 Å². The van der Waals surface area contributed by atoms with Crippen LogP contribution in [0.2, 0.25) is 0 Å². The van der Waals surface area contributed by atoms with Crippen molar-refractivity contribution >= 4 is 25.6 Å². The third kappa shape index (κ3) is 3.52. The van der Waals surface area contributed by atoms with Gasteiger partial charge in [0.15, 0.2) is 0 Å². The molecule has 1 aliphatic heterocycles. The number of hydrogen-bond donors (Lipinski definition) is 0. The van der Waals surface area contributed by atoms with Crippen molar-refractivity contribution < 1.29 is 13.2 Å². The SMILES string of the molecule is Cc1ccccc1C(C)N1CC(CS(=O)(=O)Cl)CC1=O. The summed E-state index contributed by atoms with van der Waals surface area (Å²) in [4.78, 5) is 13.8. The monoisotopic (exact) mass is 315 g/mol. The highest BCUT2D eigenvalue weighted by molar-refractivity contribution is 8.13. The van der Waals surface area contributed by atoms with Gasteiger partial charge in [0, 0.05) is 29.6 Å². The van der Waals surface area contributed by atoms with Crippen molar-refractivity contribution in [3.63, 3.8) is 0 Å². The summed E-state index contributed by atoms with van der Waals surface area (Å²) in [7, 11) is 1.71. The van der Waals surface area contributed by atoms with Gasteiger partial charge in [-0.15, -0.1) is 0 Å². The number of aryl methyl sites for hydroxylation is 1. The van der Waals surface area contributed by atoms with Crippen LogP contribution in [0.25, 0.3) is 0 Å². The Morgan fingerprint density at radius 2 is 2.05 bits per heavy atom. The Morgan fingerprint density at radius 3 is 2.65 bits per heavy atom. The third-order valence-corrected chi connectivity index (χ3v) is 5.03. The molecule has 110 valence electrons. The Balaban J connectivity index is 2.14. The highest BCUT2D eigenvalue weighted by Crippen LogP contribution is 2.30. The summed E-state index contributed by atoms with van der Waals surface area (Å²) in [5.41, 5.74) is 2.22. The number of nitrogens with zero attached hydrogens (tertiary/aromatic N) is 1. The van der Waals surface area contributed by atoms with E-state index < -0.39 is 9.05 Å². The first-order valence-corrected chi connectivity index (χ1v) is 9.03. The molecule has 20 heavy (non-hydrogen) atoms. The molecule has 1 heterocycles. The molecule has 4 nitrogen and oxygen atoms in total. The summed E-state index contributed by atoms with van der Waals surface area (Å²) >= 11 is 0. The van der Waals surface area contributed by atoms with Gasteiger partial charge in [-0.25, -0.2) is 8.42 Å². The molecule has 0 radical (unpaired) electrons. The molecule has 2 unspecified atom stereocenters. The molecule has 0 saturated carbocycles. The molecule has 1 aliphatic rings. The summed E-state index contributed by atoms with van der Waals surface area (Å²) < 4.78 is 22.3. The average Bonchev–Trinajstić information content (AvgIpc) is 2.67. The van der Waals surface area contributed by atoms with E-state index in [0.717, 1.165) is 11.1 Å². The standard InChI is InChI=1S/C14H18ClNO3S/c1-10-5-3-4-6-13(10)11(2)16-8-12(7-14(16)17)9-20(15,18)19/h3-6,11-12H,7-9H2,1-2H3. The van der Waals surface area contributed by atoms with Gasteiger partial charge in [0.2, 0.25) is 15.0 Å². The minimum atomic E-state index is -3.56. The second-order valence-corrected chi connectivity index (χ2v) is 8.18. The van der Waals surface area contributed by atoms with Crippen molar-refractivity contribution in [3.8, 4) is 0 Å². The van der Waals surface area contributed by atoms with E-state index in [1.165, 1.54) is 0 Å². The number of carbonyl (C=O) groups excluding carboxylic acids is 1. The zero-order valence-electron chi connectivity index (χ0n) is 11.5. The van der Waals surface area contributed by atoms with Gasteiger partial charge < -0.3 is 4.90 Å². The molecule has 2 rings (SSSR count). The molecule has 0 bridgehead atoms. The maximum Gasteiger partial charge on any atom is 0.232 e. The number of benzene rings is 1. The maximum atomic E-state index is 12.1. The van der Waals surface area contributed by atoms with E-state index >= 15 is 0 Å². The number of rotatable bonds is 4. The molecule has 2 atom stereocenters. The molecule has 1 fully saturated rings. The van der Waals surface area contributed by atoms with Crippen LogP contribution in [0, 0.1) is 12.8 Å². The minimum Gasteiger partial charge on any atom is -0.336 e. The Bertz CT molecular complexity index is 615. The summed E-state index contributed by atoms with van der Waals surface area (Å²) in [6.07, 6.45) is 0.252. The lowest BCUT2D eigenvalue weighted by atomic mass is 10.0. The Morgan fingerprint density at radius 1 is 1.40 bits per heavy atom. The summed E-state index contributed by atoms with van der Waals surface area (Å²) in [5.74, 6) is -0.361. The predicted molar refractivity (Wildman–Crippen MR) is 79.1 cm³/mol. The molecule has 0 N–H and O–H groups in total. The fraction of sp³-hybridized carbons (Fsp3) is 0.500. The quantitative estimate of drug-likeness (QED) is 0.802. The van der Waals surface area contributed by atoms with Crippen molar-refractivity contribution in [3.05, 3.63) is 35.4 Å². The van der Waals surface area contributed by atoms with Crippen LogP contribution in [-0.4, -0.2) is 31.5 Å². The topological polar surface area (TPSA) is 54.5 Å². The van der Waals surface area contributed by atoms with Gasteiger partial charge in [-0.3, -0.25) is 4.79 Å². The molecular weight excluding hydrogens is 298 g/mol. The minimum absolute atomic E-state index is 0.00827. The smallest absolute Gasteiger partial charge is 0.232 e. The second kappa shape index (κ2) is 5.74. The van der Waals surface area contributed by atoms with Crippen LogP contribution >= 0.6 is 10.7 Å². The lowest BCUT2D eigenvalue weighted by molar-refractivity contribution is -0.129. The third-order valence-electron chi connectivity index (χ3n) is 3.78. The van der Waals surface area contributed by atoms with E-state index in [-0.39, 0.29) is 30.0 Å². The van der Waals surface area contributed by atoms with Crippen LogP contribution in [0.4, 0.5) is 0 Å². The van der Waals surface area contributed by atoms with Crippen LogP contribution in [0.5, 0.6) is 0 Å². The van der Waals surface area contributed by atoms with E-state index in [0.29, 0.717) is 6.54 Å². The van der Waals surface area contributed by atoms with Crippen molar-refractivity contribution in [2.24, 2.45) is 5.92 Å². The molecule has 0 aromatic heterocycles. The fourth-order valence-corrected chi connectivity index (χ4v) is 4.12. The van der Waals surface area contributed by atoms with Crippen molar-refractivity contribution in [2.45, 2.75) is 26.3 Å². The Hall–Kier alpha value is -1.07. The summed E-state index contributed by atoms with van der Waals surface area (Å²) in [6.45, 7) is 4.42. The number of hydrogen-bond acceptors (Lipinski definition) is 3. The van der Waals surface area contributed by atoms with E-state index in [1.807, 2.05) is 38.1 Å². The molecule has 1 saturated heterocycles. The van der Waals surface area contributed by atoms with E-state index in [9.17, 15) is 13.2 Å². The number of carbonyl (C=O) groups is 1. The molecule has 1 aromatic rings. The van der Waals surface area contributed by atoms with Crippen molar-refractivity contribution in [1.82, 2.24) is 4.90 Å². The number of halogens is 1. The molecule has 6 heteroatoms. The molecule has 0 aliphatic carbocycles. The predicted octanol–water partition coefficient (Wildman–Crippen LogP) is 2.47. The molecule has 0 spiro atoms. The first-order chi connectivity index (χ1) is 9.28. The molecule has 1 amide bonds. The van der Waals surface area contributed by atoms with Gasteiger partial charge in [-0.2, -0.15) is 0 Å². The van der Waals surface area contributed by atoms with Gasteiger partial charge in [0.25, 0.3) is 0 Å². The van der Waals surface area contributed by atoms with Gasteiger partial charge in [0.05, 0.1) is 11.8 Å². The van der Waals surface area contributed by atoms with Gasteiger partial charge in [0.1, 0.15) is 0 Å². The first kappa shape index (κ1) is 15.3. The van der Waals surface area contributed by atoms with Gasteiger partial charge >= 0.3 is 0 Å². The van der Waals surface area contributed by atoms with Crippen LogP contribution in [0.3, 0.4) is 0 Å². The molecule has 1 aromatic carbocycles. The van der Waals surface area contributed by atoms with Crippen LogP contribution in [-0.2, 0) is 13.8 Å². The summed E-state index contributed by atoms with van der Waals surface area (Å²) in [5, 5.41) is 0. The number of amides is 1. The second-order valence-electron chi connectivity index (χ2n) is 5.35. The lowest BCUT2D eigenvalue weighted by Crippen LogP contribution is -2.29. The van der Waals surface area contributed by atoms with Crippen LogP contribution < -0.4 is 0 Å². The highest BCUT2D eigenvalue weighted by atomic mass is 35.7. The number of likely N-dealkylation sites (tertiary alicyclic amines) is 1. The van der Waals surface area contributed by atoms with Crippen LogP contribution in [0.15, 0.2) is 24.3 Å². The lowest BCUT2D eigenvalue weighted by Gasteiger charge is -2.26. The van der Waals surface area contributed by atoms with E-state index in [4.69, 9.17) is 10.7 Å². The van der Waals surface area contributed by atoms with E-state index in [2.05, 4.69) is 0 Å². The highest BCUT2D eigenvalue weighted by Gasteiger charge is 2.35.